The van der Waals surface area contributed by atoms with Crippen LogP contribution in [0.1, 0.15) is 11.3 Å². The summed E-state index contributed by atoms with van der Waals surface area (Å²) in [5, 5.41) is 9.33. The van der Waals surface area contributed by atoms with Crippen molar-refractivity contribution in [3.8, 4) is 0 Å². The smallest absolute Gasteiger partial charge is 0.242 e. The van der Waals surface area contributed by atoms with E-state index in [1.165, 1.54) is 24.7 Å². The van der Waals surface area contributed by atoms with E-state index in [1.54, 1.807) is 6.07 Å². The van der Waals surface area contributed by atoms with Crippen LogP contribution in [-0.2, 0) is 23.2 Å². The number of halogens is 2. The molecule has 0 aliphatic carbocycles. The average molecular weight is 348 g/mol. The quantitative estimate of drug-likeness (QED) is 0.859. The van der Waals surface area contributed by atoms with Gasteiger partial charge >= 0.3 is 0 Å². The molecule has 0 unspecified atom stereocenters. The first-order chi connectivity index (χ1) is 9.94. The maximum Gasteiger partial charge on any atom is 0.242 e. The molecule has 0 aliphatic heterocycles. The van der Waals surface area contributed by atoms with Crippen LogP contribution < -0.4 is 4.72 Å². The number of nitrogens with zero attached hydrogens (tertiary/aromatic N) is 2. The van der Waals surface area contributed by atoms with Crippen molar-refractivity contribution in [2.24, 2.45) is 0 Å². The molecule has 0 fully saturated rings. The van der Waals surface area contributed by atoms with Crippen LogP contribution in [0.15, 0.2) is 35.6 Å². The highest BCUT2D eigenvalue weighted by Gasteiger charge is 2.20. The summed E-state index contributed by atoms with van der Waals surface area (Å²) >= 11 is 11.8. The molecule has 0 saturated carbocycles. The van der Waals surface area contributed by atoms with Crippen molar-refractivity contribution in [1.82, 2.24) is 14.7 Å². The van der Waals surface area contributed by atoms with Crippen LogP contribution in [0.3, 0.4) is 0 Å². The van der Waals surface area contributed by atoms with Crippen molar-refractivity contribution < 1.29 is 13.5 Å². The third-order valence-electron chi connectivity index (χ3n) is 2.65. The molecule has 6 nitrogen and oxygen atoms in total. The maximum atomic E-state index is 12.2. The number of benzene rings is 1. The van der Waals surface area contributed by atoms with Crippen molar-refractivity contribution in [3.05, 3.63) is 52.0 Å². The second-order valence-corrected chi connectivity index (χ2v) is 6.61. The van der Waals surface area contributed by atoms with Crippen molar-refractivity contribution >= 4 is 33.2 Å². The Morgan fingerprint density at radius 1 is 1.24 bits per heavy atom. The van der Waals surface area contributed by atoms with E-state index in [0.717, 1.165) is 0 Å². The molecule has 0 spiro atoms. The minimum absolute atomic E-state index is 0.00172. The lowest BCUT2D eigenvalue weighted by Gasteiger charge is -2.10. The molecule has 1 heterocycles. The summed E-state index contributed by atoms with van der Waals surface area (Å²) in [7, 11) is -3.85. The van der Waals surface area contributed by atoms with Gasteiger partial charge < -0.3 is 5.11 Å². The second kappa shape index (κ2) is 6.67. The Morgan fingerprint density at radius 2 is 2.00 bits per heavy atom. The highest BCUT2D eigenvalue weighted by molar-refractivity contribution is 7.89. The highest BCUT2D eigenvalue weighted by Crippen LogP contribution is 2.28. The van der Waals surface area contributed by atoms with Crippen molar-refractivity contribution in [3.63, 3.8) is 0 Å². The molecule has 112 valence electrons. The Labute approximate surface area is 131 Å². The van der Waals surface area contributed by atoms with E-state index in [0.29, 0.717) is 5.69 Å². The van der Waals surface area contributed by atoms with E-state index in [9.17, 15) is 8.42 Å². The highest BCUT2D eigenvalue weighted by atomic mass is 35.5. The summed E-state index contributed by atoms with van der Waals surface area (Å²) in [4.78, 5) is 7.51. The van der Waals surface area contributed by atoms with E-state index in [1.807, 2.05) is 0 Å². The Hall–Kier alpha value is -1.25. The first-order valence-electron chi connectivity index (χ1n) is 5.77. The minimum Gasteiger partial charge on any atom is -0.392 e. The fourth-order valence-electron chi connectivity index (χ4n) is 1.57. The van der Waals surface area contributed by atoms with Crippen LogP contribution in [0.5, 0.6) is 0 Å². The molecule has 0 atom stereocenters. The van der Waals surface area contributed by atoms with Gasteiger partial charge in [-0.3, -0.25) is 0 Å². The largest absolute Gasteiger partial charge is 0.392 e. The van der Waals surface area contributed by atoms with E-state index < -0.39 is 10.0 Å². The standard InChI is InChI=1S/C12H11Cl2N3O3S/c13-10-4-11(14)12(3-8(10)6-18)21(19,20)17-5-9-1-2-15-7-16-9/h1-4,7,17-18H,5-6H2. The lowest BCUT2D eigenvalue weighted by molar-refractivity contribution is 0.281. The topological polar surface area (TPSA) is 92.2 Å². The van der Waals surface area contributed by atoms with Crippen LogP contribution in [0, 0.1) is 0 Å². The Balaban J connectivity index is 2.27. The molecule has 21 heavy (non-hydrogen) atoms. The number of aromatic nitrogens is 2. The number of hydrogen-bond acceptors (Lipinski definition) is 5. The molecule has 0 saturated heterocycles. The molecular weight excluding hydrogens is 337 g/mol. The number of nitrogens with one attached hydrogen (secondary N) is 1. The molecule has 2 rings (SSSR count). The molecule has 0 aliphatic rings. The first-order valence-corrected chi connectivity index (χ1v) is 8.01. The minimum atomic E-state index is -3.85. The third kappa shape index (κ3) is 3.90. The summed E-state index contributed by atoms with van der Waals surface area (Å²) in [6.07, 6.45) is 2.83. The number of hydrogen-bond donors (Lipinski definition) is 2. The molecule has 2 aromatic rings. The van der Waals surface area contributed by atoms with Gasteiger partial charge in [-0.2, -0.15) is 0 Å². The van der Waals surface area contributed by atoms with Gasteiger partial charge in [0.1, 0.15) is 11.2 Å². The van der Waals surface area contributed by atoms with E-state index in [2.05, 4.69) is 14.7 Å². The fraction of sp³-hybridized carbons (Fsp3) is 0.167. The summed E-state index contributed by atoms with van der Waals surface area (Å²) in [5.74, 6) is 0. The molecule has 2 N–H and O–H groups in total. The van der Waals surface area contributed by atoms with E-state index in [4.69, 9.17) is 28.3 Å². The predicted octanol–water partition coefficient (Wildman–Crippen LogP) is 1.75. The second-order valence-electron chi connectivity index (χ2n) is 4.06. The Bertz CT molecular complexity index is 739. The zero-order valence-corrected chi connectivity index (χ0v) is 13.0. The van der Waals surface area contributed by atoms with Gasteiger partial charge in [0.15, 0.2) is 0 Å². The van der Waals surface area contributed by atoms with Gasteiger partial charge in [-0.1, -0.05) is 23.2 Å². The molecule has 1 aromatic heterocycles. The normalized spacial score (nSPS) is 11.6. The zero-order chi connectivity index (χ0) is 15.5. The van der Waals surface area contributed by atoms with Crippen molar-refractivity contribution in [1.29, 1.82) is 0 Å². The fourth-order valence-corrected chi connectivity index (χ4v) is 3.42. The van der Waals surface area contributed by atoms with Gasteiger partial charge in [0, 0.05) is 11.2 Å². The monoisotopic (exact) mass is 347 g/mol. The van der Waals surface area contributed by atoms with E-state index in [-0.39, 0.29) is 33.7 Å². The first kappa shape index (κ1) is 16.1. The number of aliphatic hydroxyl groups is 1. The molecule has 9 heteroatoms. The number of rotatable bonds is 5. The third-order valence-corrected chi connectivity index (χ3v) is 4.87. The maximum absolute atomic E-state index is 12.2. The molecule has 0 radical (unpaired) electrons. The Morgan fingerprint density at radius 3 is 2.62 bits per heavy atom. The lowest BCUT2D eigenvalue weighted by Crippen LogP contribution is -2.24. The van der Waals surface area contributed by atoms with Crippen LogP contribution in [0.2, 0.25) is 10.0 Å². The van der Waals surface area contributed by atoms with Gasteiger partial charge in [-0.25, -0.2) is 23.1 Å². The van der Waals surface area contributed by atoms with Gasteiger partial charge in [-0.05, 0) is 23.8 Å². The summed E-state index contributed by atoms with van der Waals surface area (Å²) in [6, 6.07) is 4.12. The molecule has 0 bridgehead atoms. The molecule has 0 amide bonds. The summed E-state index contributed by atoms with van der Waals surface area (Å²) in [6.45, 7) is -0.386. The molecular formula is C12H11Cl2N3O3S. The van der Waals surface area contributed by atoms with Crippen LogP contribution in [0.4, 0.5) is 0 Å². The SMILES string of the molecule is O=S(=O)(NCc1ccncn1)c1cc(CO)c(Cl)cc1Cl. The zero-order valence-electron chi connectivity index (χ0n) is 10.6. The number of sulfonamides is 1. The average Bonchev–Trinajstić information content (AvgIpc) is 2.46. The van der Waals surface area contributed by atoms with Gasteiger partial charge in [0.05, 0.1) is 23.9 Å². The summed E-state index contributed by atoms with van der Waals surface area (Å²) in [5.41, 5.74) is 0.796. The Kier molecular flexibility index (Phi) is 5.13. The van der Waals surface area contributed by atoms with E-state index >= 15 is 0 Å². The summed E-state index contributed by atoms with van der Waals surface area (Å²) < 4.78 is 26.9. The number of aliphatic hydroxyl groups excluding tert-OH is 1. The van der Waals surface area contributed by atoms with Crippen molar-refractivity contribution in [2.75, 3.05) is 0 Å². The van der Waals surface area contributed by atoms with Crippen LogP contribution >= 0.6 is 23.2 Å². The molecule has 1 aromatic carbocycles. The van der Waals surface area contributed by atoms with Gasteiger partial charge in [0.2, 0.25) is 10.0 Å². The predicted molar refractivity (Wildman–Crippen MR) is 78.4 cm³/mol. The van der Waals surface area contributed by atoms with Crippen LogP contribution in [0.25, 0.3) is 0 Å². The lowest BCUT2D eigenvalue weighted by atomic mass is 10.2. The van der Waals surface area contributed by atoms with Gasteiger partial charge in [-0.15, -0.1) is 0 Å². The van der Waals surface area contributed by atoms with Gasteiger partial charge in [0.25, 0.3) is 0 Å². The van der Waals surface area contributed by atoms with Crippen LogP contribution in [-0.4, -0.2) is 23.5 Å². The van der Waals surface area contributed by atoms with Crippen molar-refractivity contribution in [2.45, 2.75) is 18.0 Å².